The molecule has 0 N–H and O–H groups in total. The lowest BCUT2D eigenvalue weighted by molar-refractivity contribution is 0.0985. The number of piperidine rings is 1. The van der Waals surface area contributed by atoms with Gasteiger partial charge in [-0.1, -0.05) is 24.3 Å². The number of para-hydroxylation sites is 1. The molecule has 5 rings (SSSR count). The van der Waals surface area contributed by atoms with Crippen LogP contribution < -0.4 is 9.64 Å². The maximum atomic E-state index is 6.44. The molecule has 25 heavy (non-hydrogen) atoms. The highest BCUT2D eigenvalue weighted by molar-refractivity contribution is 5.86. The zero-order chi connectivity index (χ0) is 16.9. The molecule has 0 amide bonds. The van der Waals surface area contributed by atoms with Gasteiger partial charge in [-0.2, -0.15) is 5.10 Å². The fourth-order valence-electron chi connectivity index (χ4n) is 3.86. The summed E-state index contributed by atoms with van der Waals surface area (Å²) in [6.07, 6.45) is 9.92. The van der Waals surface area contributed by atoms with Crippen molar-refractivity contribution in [1.29, 1.82) is 0 Å². The van der Waals surface area contributed by atoms with Gasteiger partial charge >= 0.3 is 0 Å². The smallest absolute Gasteiger partial charge is 0.163 e. The first kappa shape index (κ1) is 14.5. The standard InChI is InChI=1S/C19H19N5O/c1-23-17-15(11-22-23)18(21-13-20-17)24-10-4-8-19(12-24)9-7-14-5-2-3-6-16(14)25-19/h2-3,5-7,9,11,13H,4,8,10,12H2,1H3. The molecule has 2 aliphatic heterocycles. The second-order valence-corrected chi connectivity index (χ2v) is 6.77. The third-order valence-electron chi connectivity index (χ3n) is 5.09. The number of ether oxygens (including phenoxy) is 1. The fraction of sp³-hybridized carbons (Fsp3) is 0.316. The van der Waals surface area contributed by atoms with Crippen molar-refractivity contribution >= 4 is 22.9 Å². The Bertz CT molecular complexity index is 979. The van der Waals surface area contributed by atoms with E-state index in [0.29, 0.717) is 0 Å². The number of anilines is 1. The van der Waals surface area contributed by atoms with Gasteiger partial charge in [0.25, 0.3) is 0 Å². The summed E-state index contributed by atoms with van der Waals surface area (Å²) in [7, 11) is 1.90. The molecule has 0 saturated carbocycles. The van der Waals surface area contributed by atoms with Gasteiger partial charge in [-0.3, -0.25) is 4.68 Å². The summed E-state index contributed by atoms with van der Waals surface area (Å²) in [5.41, 5.74) is 1.70. The summed E-state index contributed by atoms with van der Waals surface area (Å²) in [4.78, 5) is 11.2. The molecule has 0 aliphatic carbocycles. The minimum absolute atomic E-state index is 0.300. The summed E-state index contributed by atoms with van der Waals surface area (Å²) in [5, 5.41) is 5.32. The largest absolute Gasteiger partial charge is 0.481 e. The van der Waals surface area contributed by atoms with Crippen molar-refractivity contribution in [2.24, 2.45) is 7.05 Å². The molecule has 2 aromatic heterocycles. The Kier molecular flexibility index (Phi) is 3.07. The zero-order valence-corrected chi connectivity index (χ0v) is 14.1. The van der Waals surface area contributed by atoms with Crippen molar-refractivity contribution in [2.45, 2.75) is 18.4 Å². The molecule has 1 fully saturated rings. The van der Waals surface area contributed by atoms with E-state index >= 15 is 0 Å². The van der Waals surface area contributed by atoms with Gasteiger partial charge in [0.15, 0.2) is 5.65 Å². The molecular formula is C19H19N5O. The van der Waals surface area contributed by atoms with Crippen LogP contribution in [0.4, 0.5) is 5.82 Å². The van der Waals surface area contributed by atoms with Crippen LogP contribution in [0, 0.1) is 0 Å². The van der Waals surface area contributed by atoms with Gasteiger partial charge in [-0.15, -0.1) is 0 Å². The zero-order valence-electron chi connectivity index (χ0n) is 14.1. The van der Waals surface area contributed by atoms with E-state index in [1.165, 1.54) is 0 Å². The van der Waals surface area contributed by atoms with Crippen molar-refractivity contribution in [3.8, 4) is 5.75 Å². The summed E-state index contributed by atoms with van der Waals surface area (Å²) >= 11 is 0. The number of rotatable bonds is 1. The molecule has 6 heteroatoms. The van der Waals surface area contributed by atoms with Crippen molar-refractivity contribution in [1.82, 2.24) is 19.7 Å². The number of benzene rings is 1. The predicted molar refractivity (Wildman–Crippen MR) is 96.6 cm³/mol. The maximum Gasteiger partial charge on any atom is 0.163 e. The van der Waals surface area contributed by atoms with E-state index in [4.69, 9.17) is 4.74 Å². The lowest BCUT2D eigenvalue weighted by Crippen LogP contribution is -2.51. The Hall–Kier alpha value is -2.89. The minimum Gasteiger partial charge on any atom is -0.481 e. The van der Waals surface area contributed by atoms with E-state index in [1.807, 2.05) is 31.4 Å². The van der Waals surface area contributed by atoms with Gasteiger partial charge in [0.05, 0.1) is 18.1 Å². The average molecular weight is 333 g/mol. The second kappa shape index (κ2) is 5.31. The van der Waals surface area contributed by atoms with Gasteiger partial charge in [0.2, 0.25) is 0 Å². The van der Waals surface area contributed by atoms with Crippen LogP contribution >= 0.6 is 0 Å². The topological polar surface area (TPSA) is 56.1 Å². The third kappa shape index (κ3) is 2.28. The molecule has 6 nitrogen and oxygen atoms in total. The molecule has 126 valence electrons. The third-order valence-corrected chi connectivity index (χ3v) is 5.09. The first-order valence-electron chi connectivity index (χ1n) is 8.59. The van der Waals surface area contributed by atoms with E-state index in [1.54, 1.807) is 11.0 Å². The number of aryl methyl sites for hydroxylation is 1. The molecule has 1 aromatic carbocycles. The molecular weight excluding hydrogens is 314 g/mol. The highest BCUT2D eigenvalue weighted by atomic mass is 16.5. The van der Waals surface area contributed by atoms with Crippen LogP contribution in [0.25, 0.3) is 17.1 Å². The summed E-state index contributed by atoms with van der Waals surface area (Å²) in [6.45, 7) is 1.74. The van der Waals surface area contributed by atoms with Crippen LogP contribution in [0.2, 0.25) is 0 Å². The van der Waals surface area contributed by atoms with E-state index in [0.717, 1.165) is 54.1 Å². The van der Waals surface area contributed by atoms with Gasteiger partial charge in [-0.25, -0.2) is 9.97 Å². The lowest BCUT2D eigenvalue weighted by Gasteiger charge is -2.43. The number of hydrogen-bond donors (Lipinski definition) is 0. The van der Waals surface area contributed by atoms with E-state index in [9.17, 15) is 0 Å². The number of aromatic nitrogens is 4. The SMILES string of the molecule is Cn1ncc2c(N3CCCC4(C=Cc5ccccc5O4)C3)ncnc21. The molecule has 3 aromatic rings. The summed E-state index contributed by atoms with van der Waals surface area (Å²) < 4.78 is 8.22. The molecule has 4 heterocycles. The Labute approximate surface area is 145 Å². The predicted octanol–water partition coefficient (Wildman–Crippen LogP) is 2.81. The second-order valence-electron chi connectivity index (χ2n) is 6.77. The molecule has 1 atom stereocenters. The Morgan fingerprint density at radius 3 is 3.08 bits per heavy atom. The van der Waals surface area contributed by atoms with E-state index in [-0.39, 0.29) is 5.60 Å². The average Bonchev–Trinajstić information content (AvgIpc) is 3.03. The van der Waals surface area contributed by atoms with Crippen LogP contribution in [-0.4, -0.2) is 38.4 Å². The first-order chi connectivity index (χ1) is 12.2. The molecule has 2 aliphatic rings. The number of nitrogens with zero attached hydrogens (tertiary/aromatic N) is 5. The highest BCUT2D eigenvalue weighted by Gasteiger charge is 2.38. The lowest BCUT2D eigenvalue weighted by atomic mass is 9.89. The fourth-order valence-corrected chi connectivity index (χ4v) is 3.86. The Morgan fingerprint density at radius 2 is 2.12 bits per heavy atom. The Morgan fingerprint density at radius 1 is 1.20 bits per heavy atom. The van der Waals surface area contributed by atoms with Crippen LogP contribution in [0.15, 0.2) is 42.9 Å². The summed E-state index contributed by atoms with van der Waals surface area (Å²) in [6, 6.07) is 8.19. The number of fused-ring (bicyclic) bond motifs is 2. The number of hydrogen-bond acceptors (Lipinski definition) is 5. The monoisotopic (exact) mass is 333 g/mol. The van der Waals surface area contributed by atoms with Crippen LogP contribution in [0.1, 0.15) is 18.4 Å². The van der Waals surface area contributed by atoms with Crippen LogP contribution in [0.3, 0.4) is 0 Å². The molecule has 0 radical (unpaired) electrons. The first-order valence-corrected chi connectivity index (χ1v) is 8.59. The minimum atomic E-state index is -0.300. The van der Waals surface area contributed by atoms with Crippen molar-refractivity contribution in [2.75, 3.05) is 18.0 Å². The van der Waals surface area contributed by atoms with Crippen LogP contribution in [-0.2, 0) is 7.05 Å². The molecule has 1 saturated heterocycles. The molecule has 1 spiro atoms. The van der Waals surface area contributed by atoms with Crippen LogP contribution in [0.5, 0.6) is 5.75 Å². The molecule has 1 unspecified atom stereocenters. The van der Waals surface area contributed by atoms with E-state index in [2.05, 4.69) is 38.2 Å². The van der Waals surface area contributed by atoms with Gasteiger partial charge in [0.1, 0.15) is 23.5 Å². The molecule has 0 bridgehead atoms. The van der Waals surface area contributed by atoms with Gasteiger partial charge < -0.3 is 9.64 Å². The highest BCUT2D eigenvalue weighted by Crippen LogP contribution is 2.37. The van der Waals surface area contributed by atoms with Crippen molar-refractivity contribution in [3.63, 3.8) is 0 Å². The van der Waals surface area contributed by atoms with Gasteiger partial charge in [0, 0.05) is 19.2 Å². The maximum absolute atomic E-state index is 6.44. The quantitative estimate of drug-likeness (QED) is 0.685. The Balaban J connectivity index is 1.51. The van der Waals surface area contributed by atoms with Crippen molar-refractivity contribution in [3.05, 3.63) is 48.4 Å². The van der Waals surface area contributed by atoms with Gasteiger partial charge in [-0.05, 0) is 25.0 Å². The van der Waals surface area contributed by atoms with E-state index < -0.39 is 0 Å². The summed E-state index contributed by atoms with van der Waals surface area (Å²) in [5.74, 6) is 1.90. The van der Waals surface area contributed by atoms with Crippen molar-refractivity contribution < 1.29 is 4.74 Å². The normalized spacial score (nSPS) is 22.2.